The second-order valence-corrected chi connectivity index (χ2v) is 6.69. The molecule has 0 bridgehead atoms. The Morgan fingerprint density at radius 2 is 1.72 bits per heavy atom. The fraction of sp³-hybridized carbons (Fsp3) is 0.227. The largest absolute Gasteiger partial charge is 0.478 e. The van der Waals surface area contributed by atoms with Gasteiger partial charge in [0.25, 0.3) is 0 Å². The topological polar surface area (TPSA) is 73.7 Å². The van der Waals surface area contributed by atoms with E-state index in [2.05, 4.69) is 21.8 Å². The maximum Gasteiger partial charge on any atom is 0.328 e. The van der Waals surface area contributed by atoms with Crippen molar-refractivity contribution in [1.29, 1.82) is 0 Å². The van der Waals surface area contributed by atoms with Crippen molar-refractivity contribution in [2.45, 2.75) is 0 Å². The van der Waals surface area contributed by atoms with Gasteiger partial charge in [-0.2, -0.15) is 0 Å². The van der Waals surface area contributed by atoms with Crippen molar-refractivity contribution in [3.63, 3.8) is 0 Å². The number of ketones is 1. The van der Waals surface area contributed by atoms with Crippen molar-refractivity contribution in [1.82, 2.24) is 9.88 Å². The summed E-state index contributed by atoms with van der Waals surface area (Å²) in [6, 6.07) is 11.2. The van der Waals surface area contributed by atoms with E-state index in [4.69, 9.17) is 5.11 Å². The third-order valence-corrected chi connectivity index (χ3v) is 4.65. The van der Waals surface area contributed by atoms with Crippen molar-refractivity contribution >= 4 is 42.0 Å². The number of halogens is 1. The molecule has 1 fully saturated rings. The minimum absolute atomic E-state index is 0. The predicted molar refractivity (Wildman–Crippen MR) is 118 cm³/mol. The average Bonchev–Trinajstić information content (AvgIpc) is 2.72. The molecule has 6 nitrogen and oxygen atoms in total. The number of para-hydroxylation sites is 1. The number of benzene rings is 1. The van der Waals surface area contributed by atoms with Crippen LogP contribution in [0.4, 0.5) is 5.69 Å². The van der Waals surface area contributed by atoms with Gasteiger partial charge in [0.15, 0.2) is 5.78 Å². The Balaban J connectivity index is 0.00000300. The molecule has 1 aliphatic heterocycles. The predicted octanol–water partition coefficient (Wildman–Crippen LogP) is 3.25. The second-order valence-electron chi connectivity index (χ2n) is 6.69. The zero-order valence-corrected chi connectivity index (χ0v) is 17.0. The van der Waals surface area contributed by atoms with E-state index in [0.717, 1.165) is 43.5 Å². The number of aliphatic carboxylic acids is 1. The van der Waals surface area contributed by atoms with E-state index in [1.165, 1.54) is 6.08 Å². The summed E-state index contributed by atoms with van der Waals surface area (Å²) >= 11 is 0. The number of hydrogen-bond acceptors (Lipinski definition) is 5. The van der Waals surface area contributed by atoms with Crippen LogP contribution < -0.4 is 4.90 Å². The molecule has 1 N–H and O–H groups in total. The Morgan fingerprint density at radius 3 is 2.38 bits per heavy atom. The third kappa shape index (κ3) is 6.27. The minimum atomic E-state index is -1.02. The Kier molecular flexibility index (Phi) is 8.12. The highest BCUT2D eigenvalue weighted by molar-refractivity contribution is 6.10. The van der Waals surface area contributed by atoms with Crippen LogP contribution in [0.5, 0.6) is 0 Å². The molecular weight excluding hydrogens is 390 g/mol. The summed E-state index contributed by atoms with van der Waals surface area (Å²) in [6.45, 7) is 3.76. The van der Waals surface area contributed by atoms with Gasteiger partial charge >= 0.3 is 5.97 Å². The van der Waals surface area contributed by atoms with Gasteiger partial charge in [0.2, 0.25) is 0 Å². The molecule has 0 spiro atoms. The molecule has 1 aromatic carbocycles. The van der Waals surface area contributed by atoms with Crippen LogP contribution in [0.1, 0.15) is 21.6 Å². The normalized spacial score (nSPS) is 14.9. The zero-order valence-electron chi connectivity index (χ0n) is 16.2. The van der Waals surface area contributed by atoms with Gasteiger partial charge in [-0.05, 0) is 49.0 Å². The molecule has 3 rings (SSSR count). The number of piperazine rings is 1. The molecule has 7 heteroatoms. The summed E-state index contributed by atoms with van der Waals surface area (Å²) in [5.74, 6) is -1.07. The number of carbonyl (C=O) groups is 2. The van der Waals surface area contributed by atoms with Crippen LogP contribution in [0.3, 0.4) is 0 Å². The second kappa shape index (κ2) is 10.5. The van der Waals surface area contributed by atoms with Crippen LogP contribution >= 0.6 is 12.4 Å². The molecule has 152 valence electrons. The SMILES string of the molecule is CN1CCN(c2ccccc2C(=O)C=Cc2ccc(C=CC(=O)O)nc2)CC1.Cl. The Labute approximate surface area is 176 Å². The highest BCUT2D eigenvalue weighted by atomic mass is 35.5. The molecule has 2 aromatic rings. The highest BCUT2D eigenvalue weighted by Gasteiger charge is 2.18. The molecule has 2 heterocycles. The number of anilines is 1. The summed E-state index contributed by atoms with van der Waals surface area (Å²) in [4.78, 5) is 32.0. The van der Waals surface area contributed by atoms with Crippen LogP contribution in [-0.4, -0.2) is 60.0 Å². The van der Waals surface area contributed by atoms with E-state index in [1.54, 1.807) is 30.5 Å². The summed E-state index contributed by atoms with van der Waals surface area (Å²) < 4.78 is 0. The number of carboxylic acid groups (broad SMARTS) is 1. The standard InChI is InChI=1S/C22H23N3O3.ClH/c1-24-12-14-25(15-13-24)20-5-3-2-4-19(20)21(26)10-7-17-6-8-18(23-16-17)9-11-22(27)28;/h2-11,16H,12-15H2,1H3,(H,27,28);1H. The van der Waals surface area contributed by atoms with Gasteiger partial charge in [-0.1, -0.05) is 18.2 Å². The number of hydrogen-bond donors (Lipinski definition) is 1. The first-order valence-corrected chi connectivity index (χ1v) is 9.15. The Hall–Kier alpha value is -2.96. The van der Waals surface area contributed by atoms with E-state index >= 15 is 0 Å². The van der Waals surface area contributed by atoms with Crippen molar-refractivity contribution in [3.8, 4) is 0 Å². The van der Waals surface area contributed by atoms with Gasteiger partial charge < -0.3 is 14.9 Å². The maximum atomic E-state index is 12.8. The van der Waals surface area contributed by atoms with Crippen molar-refractivity contribution in [2.75, 3.05) is 38.1 Å². The minimum Gasteiger partial charge on any atom is -0.478 e. The number of allylic oxidation sites excluding steroid dienone is 1. The molecule has 0 aliphatic carbocycles. The Morgan fingerprint density at radius 1 is 1.00 bits per heavy atom. The van der Waals surface area contributed by atoms with Gasteiger partial charge in [-0.15, -0.1) is 12.4 Å². The number of pyridine rings is 1. The van der Waals surface area contributed by atoms with Gasteiger partial charge in [-0.25, -0.2) is 4.79 Å². The van der Waals surface area contributed by atoms with E-state index in [0.29, 0.717) is 11.3 Å². The number of nitrogens with zero attached hydrogens (tertiary/aromatic N) is 3. The number of carboxylic acids is 1. The zero-order chi connectivity index (χ0) is 19.9. The third-order valence-electron chi connectivity index (χ3n) is 4.65. The molecule has 0 atom stereocenters. The fourth-order valence-corrected chi connectivity index (χ4v) is 3.04. The van der Waals surface area contributed by atoms with Crippen molar-refractivity contribution in [3.05, 3.63) is 71.6 Å². The first-order valence-electron chi connectivity index (χ1n) is 9.15. The molecular formula is C22H24ClN3O3. The monoisotopic (exact) mass is 413 g/mol. The molecule has 0 amide bonds. The van der Waals surface area contributed by atoms with Crippen molar-refractivity contribution < 1.29 is 14.7 Å². The van der Waals surface area contributed by atoms with E-state index in [-0.39, 0.29) is 18.2 Å². The van der Waals surface area contributed by atoms with Crippen LogP contribution in [-0.2, 0) is 4.79 Å². The highest BCUT2D eigenvalue weighted by Crippen LogP contribution is 2.23. The maximum absolute atomic E-state index is 12.8. The van der Waals surface area contributed by atoms with E-state index in [1.807, 2.05) is 24.3 Å². The molecule has 0 radical (unpaired) electrons. The average molecular weight is 414 g/mol. The number of carbonyl (C=O) groups excluding carboxylic acids is 1. The van der Waals surface area contributed by atoms with Gasteiger partial charge in [0.05, 0.1) is 5.69 Å². The lowest BCUT2D eigenvalue weighted by Crippen LogP contribution is -2.44. The molecule has 1 aromatic heterocycles. The lowest BCUT2D eigenvalue weighted by atomic mass is 10.1. The molecule has 1 saturated heterocycles. The Bertz CT molecular complexity index is 902. The van der Waals surface area contributed by atoms with Crippen molar-refractivity contribution in [2.24, 2.45) is 0 Å². The van der Waals surface area contributed by atoms with E-state index < -0.39 is 5.97 Å². The summed E-state index contributed by atoms with van der Waals surface area (Å²) in [7, 11) is 2.11. The quantitative estimate of drug-likeness (QED) is 0.579. The first kappa shape index (κ1) is 22.3. The van der Waals surface area contributed by atoms with Crippen LogP contribution in [0.25, 0.3) is 12.2 Å². The van der Waals surface area contributed by atoms with Crippen LogP contribution in [0, 0.1) is 0 Å². The molecule has 0 unspecified atom stereocenters. The van der Waals surface area contributed by atoms with Crippen LogP contribution in [0.15, 0.2) is 54.7 Å². The number of aromatic nitrogens is 1. The van der Waals surface area contributed by atoms with Crippen LogP contribution in [0.2, 0.25) is 0 Å². The fourth-order valence-electron chi connectivity index (χ4n) is 3.04. The molecule has 1 aliphatic rings. The lowest BCUT2D eigenvalue weighted by molar-refractivity contribution is -0.131. The summed E-state index contributed by atoms with van der Waals surface area (Å²) in [6.07, 6.45) is 7.35. The summed E-state index contributed by atoms with van der Waals surface area (Å²) in [5.41, 5.74) is 2.99. The van der Waals surface area contributed by atoms with Gasteiger partial charge in [-0.3, -0.25) is 9.78 Å². The number of likely N-dealkylation sites (N-methyl/N-ethyl adjacent to an activating group) is 1. The van der Waals surface area contributed by atoms with E-state index in [9.17, 15) is 9.59 Å². The first-order chi connectivity index (χ1) is 13.5. The molecule has 0 saturated carbocycles. The summed E-state index contributed by atoms with van der Waals surface area (Å²) in [5, 5.41) is 8.64. The molecule has 29 heavy (non-hydrogen) atoms. The number of rotatable bonds is 6. The smallest absolute Gasteiger partial charge is 0.328 e. The lowest BCUT2D eigenvalue weighted by Gasteiger charge is -2.34. The van der Waals surface area contributed by atoms with Gasteiger partial charge in [0.1, 0.15) is 0 Å². The van der Waals surface area contributed by atoms with Gasteiger partial charge in [0, 0.05) is 49.7 Å².